The van der Waals surface area contributed by atoms with Crippen LogP contribution in [-0.2, 0) is 4.79 Å². The minimum atomic E-state index is -0.211. The molecule has 23 heavy (non-hydrogen) atoms. The fraction of sp³-hybridized carbons (Fsp3) is 0.176. The van der Waals surface area contributed by atoms with E-state index in [0.717, 1.165) is 10.2 Å². The Morgan fingerprint density at radius 2 is 2.00 bits per heavy atom. The second-order valence-corrected chi connectivity index (χ2v) is 5.99. The van der Waals surface area contributed by atoms with E-state index in [1.807, 2.05) is 12.1 Å². The third-order valence-corrected chi connectivity index (χ3v) is 4.27. The third kappa shape index (κ3) is 3.22. The molecule has 6 heteroatoms. The molecule has 0 spiro atoms. The standard InChI is InChI=1S/C17H15BrN2O3/c1-11(21)20-8-9-23-16-10-12(6-7-15(16)20)19-17(22)13-4-2-3-5-14(13)18/h2-7,10H,8-9H2,1H3,(H,19,22). The summed E-state index contributed by atoms with van der Waals surface area (Å²) in [6, 6.07) is 12.5. The minimum Gasteiger partial charge on any atom is -0.489 e. The molecule has 2 aromatic rings. The van der Waals surface area contributed by atoms with E-state index in [1.165, 1.54) is 6.92 Å². The van der Waals surface area contributed by atoms with Crippen molar-refractivity contribution in [2.45, 2.75) is 6.92 Å². The van der Waals surface area contributed by atoms with E-state index in [4.69, 9.17) is 4.74 Å². The van der Waals surface area contributed by atoms with Crippen LogP contribution in [0.5, 0.6) is 5.75 Å². The number of nitrogens with one attached hydrogen (secondary N) is 1. The second-order valence-electron chi connectivity index (χ2n) is 5.14. The fourth-order valence-electron chi connectivity index (χ4n) is 2.47. The number of anilines is 2. The summed E-state index contributed by atoms with van der Waals surface area (Å²) < 4.78 is 6.33. The zero-order valence-corrected chi connectivity index (χ0v) is 14.1. The zero-order valence-electron chi connectivity index (χ0n) is 12.5. The van der Waals surface area contributed by atoms with E-state index in [9.17, 15) is 9.59 Å². The Labute approximate surface area is 142 Å². The van der Waals surface area contributed by atoms with Crippen LogP contribution in [0.3, 0.4) is 0 Å². The van der Waals surface area contributed by atoms with Crippen LogP contribution in [0.15, 0.2) is 46.9 Å². The lowest BCUT2D eigenvalue weighted by atomic mass is 10.2. The molecule has 118 valence electrons. The van der Waals surface area contributed by atoms with Crippen LogP contribution < -0.4 is 15.0 Å². The summed E-state index contributed by atoms with van der Waals surface area (Å²) in [5.41, 5.74) is 1.90. The first-order valence-electron chi connectivity index (χ1n) is 7.17. The number of ether oxygens (including phenoxy) is 1. The molecule has 1 aliphatic rings. The SMILES string of the molecule is CC(=O)N1CCOc2cc(NC(=O)c3ccccc3Br)ccc21. The zero-order chi connectivity index (χ0) is 16.4. The van der Waals surface area contributed by atoms with E-state index in [-0.39, 0.29) is 11.8 Å². The van der Waals surface area contributed by atoms with E-state index >= 15 is 0 Å². The van der Waals surface area contributed by atoms with Gasteiger partial charge in [-0.2, -0.15) is 0 Å². The van der Waals surface area contributed by atoms with Crippen molar-refractivity contribution >= 4 is 39.1 Å². The normalized spacial score (nSPS) is 13.0. The van der Waals surface area contributed by atoms with Crippen molar-refractivity contribution in [3.05, 3.63) is 52.5 Å². The van der Waals surface area contributed by atoms with Crippen LogP contribution in [-0.4, -0.2) is 25.0 Å². The molecule has 1 N–H and O–H groups in total. The van der Waals surface area contributed by atoms with Gasteiger partial charge in [0.1, 0.15) is 12.4 Å². The predicted molar refractivity (Wildman–Crippen MR) is 92.1 cm³/mol. The lowest BCUT2D eigenvalue weighted by molar-refractivity contribution is -0.116. The topological polar surface area (TPSA) is 58.6 Å². The molecule has 0 aromatic heterocycles. The van der Waals surface area contributed by atoms with Crippen LogP contribution >= 0.6 is 15.9 Å². The quantitative estimate of drug-likeness (QED) is 0.875. The van der Waals surface area contributed by atoms with Gasteiger partial charge in [-0.25, -0.2) is 0 Å². The lowest BCUT2D eigenvalue weighted by Gasteiger charge is -2.29. The van der Waals surface area contributed by atoms with Crippen LogP contribution in [0.25, 0.3) is 0 Å². The first-order valence-corrected chi connectivity index (χ1v) is 7.96. The first kappa shape index (κ1) is 15.6. The van der Waals surface area contributed by atoms with Crippen LogP contribution in [0.4, 0.5) is 11.4 Å². The summed E-state index contributed by atoms with van der Waals surface area (Å²) >= 11 is 3.36. The first-order chi connectivity index (χ1) is 11.1. The molecule has 0 aliphatic carbocycles. The van der Waals surface area contributed by atoms with Gasteiger partial charge in [-0.05, 0) is 40.2 Å². The summed E-state index contributed by atoms with van der Waals surface area (Å²) in [6.45, 7) is 2.50. The molecular formula is C17H15BrN2O3. The van der Waals surface area contributed by atoms with Gasteiger partial charge in [0.05, 0.1) is 17.8 Å². The number of carbonyl (C=O) groups excluding carboxylic acids is 2. The van der Waals surface area contributed by atoms with Gasteiger partial charge in [-0.1, -0.05) is 12.1 Å². The van der Waals surface area contributed by atoms with Gasteiger partial charge in [0, 0.05) is 23.2 Å². The number of hydrogen-bond donors (Lipinski definition) is 1. The number of halogens is 1. The predicted octanol–water partition coefficient (Wildman–Crippen LogP) is 3.45. The molecule has 0 unspecified atom stereocenters. The van der Waals surface area contributed by atoms with Crippen molar-refractivity contribution in [2.24, 2.45) is 0 Å². The number of nitrogens with zero attached hydrogens (tertiary/aromatic N) is 1. The Morgan fingerprint density at radius 3 is 2.74 bits per heavy atom. The molecule has 0 radical (unpaired) electrons. The van der Waals surface area contributed by atoms with Gasteiger partial charge < -0.3 is 15.0 Å². The maximum atomic E-state index is 12.3. The fourth-order valence-corrected chi connectivity index (χ4v) is 2.93. The van der Waals surface area contributed by atoms with Crippen molar-refractivity contribution < 1.29 is 14.3 Å². The van der Waals surface area contributed by atoms with Crippen molar-refractivity contribution in [2.75, 3.05) is 23.4 Å². The van der Waals surface area contributed by atoms with Crippen molar-refractivity contribution in [3.8, 4) is 5.75 Å². The highest BCUT2D eigenvalue weighted by molar-refractivity contribution is 9.10. The average molecular weight is 375 g/mol. The molecule has 0 fully saturated rings. The number of amides is 2. The van der Waals surface area contributed by atoms with Crippen LogP contribution in [0.1, 0.15) is 17.3 Å². The van der Waals surface area contributed by atoms with Gasteiger partial charge in [0.25, 0.3) is 5.91 Å². The average Bonchev–Trinajstić information content (AvgIpc) is 2.54. The van der Waals surface area contributed by atoms with Crippen molar-refractivity contribution in [1.82, 2.24) is 0 Å². The molecule has 0 saturated carbocycles. The molecule has 2 aromatic carbocycles. The third-order valence-electron chi connectivity index (χ3n) is 3.58. The monoisotopic (exact) mass is 374 g/mol. The molecule has 2 amide bonds. The number of rotatable bonds is 2. The molecule has 3 rings (SSSR count). The highest BCUT2D eigenvalue weighted by Gasteiger charge is 2.21. The second kappa shape index (κ2) is 6.42. The Morgan fingerprint density at radius 1 is 1.22 bits per heavy atom. The summed E-state index contributed by atoms with van der Waals surface area (Å²) in [7, 11) is 0. The van der Waals surface area contributed by atoms with Gasteiger partial charge in [0.2, 0.25) is 5.91 Å². The van der Waals surface area contributed by atoms with E-state index in [0.29, 0.717) is 30.2 Å². The highest BCUT2D eigenvalue weighted by atomic mass is 79.9. The van der Waals surface area contributed by atoms with Crippen LogP contribution in [0.2, 0.25) is 0 Å². The molecule has 1 heterocycles. The van der Waals surface area contributed by atoms with E-state index in [1.54, 1.807) is 35.2 Å². The molecule has 0 saturated heterocycles. The Balaban J connectivity index is 1.84. The Kier molecular flexibility index (Phi) is 4.34. The molecular weight excluding hydrogens is 360 g/mol. The van der Waals surface area contributed by atoms with Gasteiger partial charge in [0.15, 0.2) is 0 Å². The summed E-state index contributed by atoms with van der Waals surface area (Å²) in [5.74, 6) is 0.354. The number of benzene rings is 2. The molecule has 5 nitrogen and oxygen atoms in total. The van der Waals surface area contributed by atoms with Gasteiger partial charge in [-0.3, -0.25) is 9.59 Å². The maximum Gasteiger partial charge on any atom is 0.256 e. The van der Waals surface area contributed by atoms with Gasteiger partial charge in [-0.15, -0.1) is 0 Å². The maximum absolute atomic E-state index is 12.3. The summed E-state index contributed by atoms with van der Waals surface area (Å²) in [6.07, 6.45) is 0. The Hall–Kier alpha value is -2.34. The highest BCUT2D eigenvalue weighted by Crippen LogP contribution is 2.34. The summed E-state index contributed by atoms with van der Waals surface area (Å²) in [4.78, 5) is 25.6. The number of hydrogen-bond acceptors (Lipinski definition) is 3. The molecule has 0 atom stereocenters. The smallest absolute Gasteiger partial charge is 0.256 e. The van der Waals surface area contributed by atoms with E-state index in [2.05, 4.69) is 21.2 Å². The minimum absolute atomic E-state index is 0.0282. The number of fused-ring (bicyclic) bond motifs is 1. The lowest BCUT2D eigenvalue weighted by Crippen LogP contribution is -2.36. The van der Waals surface area contributed by atoms with Crippen LogP contribution in [0, 0.1) is 0 Å². The van der Waals surface area contributed by atoms with Crippen molar-refractivity contribution in [3.63, 3.8) is 0 Å². The molecule has 0 bridgehead atoms. The van der Waals surface area contributed by atoms with E-state index < -0.39 is 0 Å². The molecule has 1 aliphatic heterocycles. The summed E-state index contributed by atoms with van der Waals surface area (Å²) in [5, 5.41) is 2.84. The Bertz CT molecular complexity index is 776. The number of carbonyl (C=O) groups is 2. The van der Waals surface area contributed by atoms with Crippen molar-refractivity contribution in [1.29, 1.82) is 0 Å². The van der Waals surface area contributed by atoms with Gasteiger partial charge >= 0.3 is 0 Å². The largest absolute Gasteiger partial charge is 0.489 e.